The Kier molecular flexibility index (Phi) is 3.59. The van der Waals surface area contributed by atoms with E-state index in [9.17, 15) is 0 Å². The number of nitrogens with zero attached hydrogens (tertiary/aromatic N) is 2. The largest absolute Gasteiger partial charge is 0.418 e. The Bertz CT molecular complexity index is 480. The molecule has 2 aromatic rings. The Hall–Kier alpha value is -1.32. The normalized spacial score (nSPS) is 11.4. The second kappa shape index (κ2) is 5.14. The van der Waals surface area contributed by atoms with Gasteiger partial charge in [-0.1, -0.05) is 53.5 Å². The number of hydrogen-bond donors (Lipinski definition) is 0. The summed E-state index contributed by atoms with van der Waals surface area (Å²) in [5, 5.41) is 7.48. The van der Waals surface area contributed by atoms with E-state index in [0.717, 1.165) is 5.56 Å². The summed E-state index contributed by atoms with van der Waals surface area (Å²) in [7, 11) is 0. The zero-order valence-corrected chi connectivity index (χ0v) is 9.69. The standard InChI is InChI=1S/C11H8Cl2N2O/c12-10(13)11-15-14-9(16-11)7-6-8-4-2-1-3-5-8/h1-7,10H/b7-6+. The Morgan fingerprint density at radius 1 is 1.06 bits per heavy atom. The molecule has 0 radical (unpaired) electrons. The Balaban J connectivity index is 2.12. The fraction of sp³-hybridized carbons (Fsp3) is 0.0909. The summed E-state index contributed by atoms with van der Waals surface area (Å²) in [5.74, 6) is 0.584. The van der Waals surface area contributed by atoms with Gasteiger partial charge in [0.15, 0.2) is 4.84 Å². The predicted octanol–water partition coefficient (Wildman–Crippen LogP) is 3.72. The molecule has 82 valence electrons. The van der Waals surface area contributed by atoms with Gasteiger partial charge < -0.3 is 4.42 Å². The molecule has 1 heterocycles. The monoisotopic (exact) mass is 254 g/mol. The van der Waals surface area contributed by atoms with E-state index in [0.29, 0.717) is 5.89 Å². The Morgan fingerprint density at radius 3 is 2.44 bits per heavy atom. The lowest BCUT2D eigenvalue weighted by Crippen LogP contribution is -1.78. The van der Waals surface area contributed by atoms with Crippen LogP contribution in [0, 0.1) is 0 Å². The first kappa shape index (κ1) is 11.2. The number of rotatable bonds is 3. The highest BCUT2D eigenvalue weighted by molar-refractivity contribution is 6.43. The molecule has 0 amide bonds. The molecule has 0 aliphatic rings. The second-order valence-corrected chi connectivity index (χ2v) is 4.12. The smallest absolute Gasteiger partial charge is 0.249 e. The van der Waals surface area contributed by atoms with Gasteiger partial charge in [0.1, 0.15) is 0 Å². The van der Waals surface area contributed by atoms with Crippen LogP contribution in [0.1, 0.15) is 22.2 Å². The van der Waals surface area contributed by atoms with Crippen molar-refractivity contribution in [2.75, 3.05) is 0 Å². The van der Waals surface area contributed by atoms with Crippen molar-refractivity contribution in [3.8, 4) is 0 Å². The average Bonchev–Trinajstić information content (AvgIpc) is 2.76. The molecule has 0 saturated carbocycles. The molecule has 0 unspecified atom stereocenters. The molecule has 2 rings (SSSR count). The summed E-state index contributed by atoms with van der Waals surface area (Å²) in [6.45, 7) is 0. The van der Waals surface area contributed by atoms with E-state index in [-0.39, 0.29) is 5.89 Å². The SMILES string of the molecule is ClC(Cl)c1nnc(/C=C/c2ccccc2)o1. The van der Waals surface area contributed by atoms with Crippen LogP contribution in [-0.4, -0.2) is 10.2 Å². The van der Waals surface area contributed by atoms with E-state index in [4.69, 9.17) is 27.6 Å². The number of aromatic nitrogens is 2. The van der Waals surface area contributed by atoms with Crippen LogP contribution in [0.25, 0.3) is 12.2 Å². The number of alkyl halides is 2. The van der Waals surface area contributed by atoms with Gasteiger partial charge in [0.05, 0.1) is 0 Å². The summed E-state index contributed by atoms with van der Waals surface area (Å²) < 4.78 is 5.19. The molecule has 1 aromatic carbocycles. The fourth-order valence-electron chi connectivity index (χ4n) is 1.13. The van der Waals surface area contributed by atoms with Crippen molar-refractivity contribution >= 4 is 35.4 Å². The van der Waals surface area contributed by atoms with Crippen molar-refractivity contribution < 1.29 is 4.42 Å². The molecule has 0 aliphatic carbocycles. The van der Waals surface area contributed by atoms with E-state index in [2.05, 4.69) is 10.2 Å². The molecule has 0 spiro atoms. The number of benzene rings is 1. The first-order valence-corrected chi connectivity index (χ1v) is 5.47. The quantitative estimate of drug-likeness (QED) is 0.784. The van der Waals surface area contributed by atoms with Crippen LogP contribution in [0.15, 0.2) is 34.7 Å². The maximum Gasteiger partial charge on any atom is 0.249 e. The third-order valence-electron chi connectivity index (χ3n) is 1.86. The van der Waals surface area contributed by atoms with Crippen LogP contribution in [0.2, 0.25) is 0 Å². The van der Waals surface area contributed by atoms with E-state index < -0.39 is 4.84 Å². The van der Waals surface area contributed by atoms with Gasteiger partial charge in [-0.25, -0.2) is 0 Å². The van der Waals surface area contributed by atoms with Gasteiger partial charge in [-0.2, -0.15) is 0 Å². The maximum atomic E-state index is 5.58. The topological polar surface area (TPSA) is 38.9 Å². The average molecular weight is 255 g/mol. The van der Waals surface area contributed by atoms with Crippen LogP contribution in [0.4, 0.5) is 0 Å². The zero-order valence-electron chi connectivity index (χ0n) is 8.18. The molecule has 1 aromatic heterocycles. The molecule has 3 nitrogen and oxygen atoms in total. The molecule has 0 atom stereocenters. The van der Waals surface area contributed by atoms with Gasteiger partial charge in [-0.05, 0) is 11.6 Å². The van der Waals surface area contributed by atoms with Crippen molar-refractivity contribution in [2.24, 2.45) is 0 Å². The minimum atomic E-state index is -0.786. The summed E-state index contributed by atoms with van der Waals surface area (Å²) in [4.78, 5) is -0.786. The van der Waals surface area contributed by atoms with Gasteiger partial charge in [0, 0.05) is 6.08 Å². The Labute approximate surface area is 103 Å². The molecule has 0 N–H and O–H groups in total. The van der Waals surface area contributed by atoms with Crippen LogP contribution >= 0.6 is 23.2 Å². The predicted molar refractivity (Wildman–Crippen MR) is 64.1 cm³/mol. The lowest BCUT2D eigenvalue weighted by atomic mass is 10.2. The van der Waals surface area contributed by atoms with Crippen LogP contribution < -0.4 is 0 Å². The molecule has 16 heavy (non-hydrogen) atoms. The minimum Gasteiger partial charge on any atom is -0.418 e. The summed E-state index contributed by atoms with van der Waals surface area (Å²) in [5.41, 5.74) is 1.05. The molecule has 0 aliphatic heterocycles. The molecular weight excluding hydrogens is 247 g/mol. The van der Waals surface area contributed by atoms with Gasteiger partial charge in [-0.15, -0.1) is 10.2 Å². The second-order valence-electron chi connectivity index (χ2n) is 3.02. The van der Waals surface area contributed by atoms with E-state index in [1.54, 1.807) is 6.08 Å². The first-order chi connectivity index (χ1) is 7.75. The minimum absolute atomic E-state index is 0.205. The third-order valence-corrected chi connectivity index (χ3v) is 2.23. The van der Waals surface area contributed by atoms with Crippen molar-refractivity contribution in [2.45, 2.75) is 4.84 Å². The van der Waals surface area contributed by atoms with Crippen molar-refractivity contribution in [1.82, 2.24) is 10.2 Å². The van der Waals surface area contributed by atoms with Gasteiger partial charge >= 0.3 is 0 Å². The lowest BCUT2D eigenvalue weighted by Gasteiger charge is -1.90. The summed E-state index contributed by atoms with van der Waals surface area (Å²) >= 11 is 11.2. The van der Waals surface area contributed by atoms with E-state index in [1.165, 1.54) is 0 Å². The van der Waals surface area contributed by atoms with E-state index in [1.807, 2.05) is 36.4 Å². The first-order valence-electron chi connectivity index (χ1n) is 4.60. The summed E-state index contributed by atoms with van der Waals surface area (Å²) in [6.07, 6.45) is 3.58. The zero-order chi connectivity index (χ0) is 11.4. The molecule has 0 saturated heterocycles. The van der Waals surface area contributed by atoms with Gasteiger partial charge in [0.25, 0.3) is 0 Å². The molecule has 0 fully saturated rings. The Morgan fingerprint density at radius 2 is 1.81 bits per heavy atom. The van der Waals surface area contributed by atoms with Crippen molar-refractivity contribution in [1.29, 1.82) is 0 Å². The molecule has 0 bridgehead atoms. The van der Waals surface area contributed by atoms with Gasteiger partial charge in [0.2, 0.25) is 11.8 Å². The van der Waals surface area contributed by atoms with Crippen LogP contribution in [0.5, 0.6) is 0 Å². The summed E-state index contributed by atoms with van der Waals surface area (Å²) in [6, 6.07) is 9.80. The highest BCUT2D eigenvalue weighted by atomic mass is 35.5. The number of halogens is 2. The van der Waals surface area contributed by atoms with Crippen molar-refractivity contribution in [3.05, 3.63) is 47.7 Å². The fourth-order valence-corrected chi connectivity index (χ4v) is 1.31. The van der Waals surface area contributed by atoms with Crippen LogP contribution in [0.3, 0.4) is 0 Å². The lowest BCUT2D eigenvalue weighted by molar-refractivity contribution is 0.501. The van der Waals surface area contributed by atoms with Crippen LogP contribution in [-0.2, 0) is 0 Å². The highest BCUT2D eigenvalue weighted by Crippen LogP contribution is 2.23. The molecule has 5 heteroatoms. The highest BCUT2D eigenvalue weighted by Gasteiger charge is 2.10. The van der Waals surface area contributed by atoms with E-state index >= 15 is 0 Å². The number of hydrogen-bond acceptors (Lipinski definition) is 3. The van der Waals surface area contributed by atoms with Gasteiger partial charge in [-0.3, -0.25) is 0 Å². The van der Waals surface area contributed by atoms with Crippen molar-refractivity contribution in [3.63, 3.8) is 0 Å². The third kappa shape index (κ3) is 2.84. The maximum absolute atomic E-state index is 5.58. The molecular formula is C11H8Cl2N2O.